The average molecular weight is 485 g/mol. The summed E-state index contributed by atoms with van der Waals surface area (Å²) < 4.78 is 32.8. The fraction of sp³-hybridized carbons (Fsp3) is 0.591. The summed E-state index contributed by atoms with van der Waals surface area (Å²) in [5.41, 5.74) is 0.751. The second-order valence-electron chi connectivity index (χ2n) is 8.61. The second-order valence-corrected chi connectivity index (χ2v) is 11.3. The topological polar surface area (TPSA) is 125 Å². The van der Waals surface area contributed by atoms with Gasteiger partial charge in [-0.15, -0.1) is 0 Å². The van der Waals surface area contributed by atoms with Gasteiger partial charge in [0.05, 0.1) is 41.6 Å². The monoisotopic (exact) mass is 484 g/mol. The Labute approximate surface area is 192 Å². The fourth-order valence-corrected chi connectivity index (χ4v) is 7.94. The van der Waals surface area contributed by atoms with E-state index in [1.807, 2.05) is 0 Å². The molecule has 0 bridgehead atoms. The Morgan fingerprint density at radius 3 is 2.50 bits per heavy atom. The van der Waals surface area contributed by atoms with E-state index < -0.39 is 44.1 Å². The molecule has 1 saturated heterocycles. The first kappa shape index (κ1) is 23.7. The lowest BCUT2D eigenvalue weighted by Gasteiger charge is -2.36. The van der Waals surface area contributed by atoms with Crippen molar-refractivity contribution in [1.82, 2.24) is 10.6 Å². The van der Waals surface area contributed by atoms with Gasteiger partial charge in [0, 0.05) is 17.1 Å². The van der Waals surface area contributed by atoms with Crippen molar-refractivity contribution in [2.45, 2.75) is 60.9 Å². The summed E-state index contributed by atoms with van der Waals surface area (Å²) in [6.45, 7) is 1.39. The lowest BCUT2D eigenvalue weighted by Crippen LogP contribution is -2.54. The number of aliphatic hydroxyl groups is 2. The number of aliphatic hydroxyl groups excluding tert-OH is 2. The van der Waals surface area contributed by atoms with Crippen molar-refractivity contribution in [1.29, 1.82) is 0 Å². The largest absolute Gasteiger partial charge is 0.463 e. The maximum absolute atomic E-state index is 13.8. The van der Waals surface area contributed by atoms with Gasteiger partial charge in [-0.1, -0.05) is 23.7 Å². The first-order valence-corrected chi connectivity index (χ1v) is 12.9. The highest BCUT2D eigenvalue weighted by Crippen LogP contribution is 2.45. The van der Waals surface area contributed by atoms with Crippen LogP contribution in [0.15, 0.2) is 29.8 Å². The molecule has 1 aromatic rings. The van der Waals surface area contributed by atoms with Crippen molar-refractivity contribution in [2.24, 2.45) is 0 Å². The predicted octanol–water partition coefficient (Wildman–Crippen LogP) is 1.00. The summed E-state index contributed by atoms with van der Waals surface area (Å²) in [4.78, 5) is 12.9. The molecule has 1 spiro atoms. The van der Waals surface area contributed by atoms with E-state index in [1.165, 1.54) is 0 Å². The molecule has 1 aromatic carbocycles. The molecule has 10 heteroatoms. The van der Waals surface area contributed by atoms with E-state index in [0.29, 0.717) is 29.8 Å². The third-order valence-electron chi connectivity index (χ3n) is 6.78. The number of nitrogens with one attached hydrogen (secondary N) is 2. The van der Waals surface area contributed by atoms with Gasteiger partial charge in [0.25, 0.3) is 0 Å². The zero-order valence-electron chi connectivity index (χ0n) is 17.9. The van der Waals surface area contributed by atoms with Crippen LogP contribution in [0.4, 0.5) is 0 Å². The number of esters is 1. The number of rotatable bonds is 6. The summed E-state index contributed by atoms with van der Waals surface area (Å²) in [6, 6.07) is 4.47. The molecule has 1 aliphatic heterocycles. The van der Waals surface area contributed by atoms with Crippen LogP contribution in [0.5, 0.6) is 0 Å². The third-order valence-corrected chi connectivity index (χ3v) is 9.70. The van der Waals surface area contributed by atoms with Crippen molar-refractivity contribution in [3.8, 4) is 0 Å². The van der Waals surface area contributed by atoms with Crippen molar-refractivity contribution in [3.63, 3.8) is 0 Å². The molecule has 176 valence electrons. The first-order valence-electron chi connectivity index (χ1n) is 10.9. The highest BCUT2D eigenvalue weighted by Gasteiger charge is 2.50. The van der Waals surface area contributed by atoms with Crippen molar-refractivity contribution >= 4 is 27.4 Å². The van der Waals surface area contributed by atoms with E-state index in [2.05, 4.69) is 10.6 Å². The molecule has 32 heavy (non-hydrogen) atoms. The molecule has 3 aliphatic rings. The zero-order chi connectivity index (χ0) is 23.1. The van der Waals surface area contributed by atoms with Gasteiger partial charge in [-0.25, -0.2) is 13.2 Å². The lowest BCUT2D eigenvalue weighted by atomic mass is 9.90. The molecule has 0 aromatic heterocycles. The van der Waals surface area contributed by atoms with E-state index in [4.69, 9.17) is 16.3 Å². The first-order chi connectivity index (χ1) is 15.3. The minimum absolute atomic E-state index is 0.0869. The third kappa shape index (κ3) is 3.99. The van der Waals surface area contributed by atoms with Gasteiger partial charge in [-0.05, 0) is 55.9 Å². The highest BCUT2D eigenvalue weighted by atomic mass is 35.5. The van der Waals surface area contributed by atoms with Crippen molar-refractivity contribution in [3.05, 3.63) is 46.0 Å². The number of hydrogen-bond acceptors (Lipinski definition) is 8. The molecule has 2 unspecified atom stereocenters. The number of carbonyl (C=O) groups is 1. The molecule has 4 N–H and O–H groups in total. The minimum Gasteiger partial charge on any atom is -0.463 e. The predicted molar refractivity (Wildman–Crippen MR) is 120 cm³/mol. The fourth-order valence-electron chi connectivity index (χ4n) is 5.28. The van der Waals surface area contributed by atoms with Crippen LogP contribution in [-0.4, -0.2) is 67.4 Å². The zero-order valence-corrected chi connectivity index (χ0v) is 19.5. The van der Waals surface area contributed by atoms with Crippen LogP contribution in [0.3, 0.4) is 0 Å². The molecule has 8 nitrogen and oxygen atoms in total. The maximum atomic E-state index is 13.8. The van der Waals surface area contributed by atoms with Crippen LogP contribution in [0.25, 0.3) is 0 Å². The van der Waals surface area contributed by atoms with Crippen LogP contribution in [-0.2, 0) is 25.8 Å². The number of ether oxygens (including phenoxy) is 1. The van der Waals surface area contributed by atoms with Crippen LogP contribution >= 0.6 is 11.6 Å². The molecule has 0 amide bonds. The Kier molecular flexibility index (Phi) is 6.68. The van der Waals surface area contributed by atoms with Crippen LogP contribution < -0.4 is 10.6 Å². The van der Waals surface area contributed by atoms with E-state index in [1.54, 1.807) is 31.2 Å². The summed E-state index contributed by atoms with van der Waals surface area (Å²) in [6.07, 6.45) is 3.17. The number of benzene rings is 1. The molecule has 1 fully saturated rings. The highest BCUT2D eigenvalue weighted by molar-refractivity contribution is 7.92. The number of fused-ring (bicyclic) bond motifs is 1. The maximum Gasteiger partial charge on any atom is 0.335 e. The molecule has 4 rings (SSSR count). The van der Waals surface area contributed by atoms with Gasteiger partial charge in [-0.2, -0.15) is 0 Å². The van der Waals surface area contributed by atoms with Gasteiger partial charge >= 0.3 is 5.97 Å². The van der Waals surface area contributed by atoms with E-state index in [0.717, 1.165) is 5.56 Å². The summed E-state index contributed by atoms with van der Waals surface area (Å²) in [5, 5.41) is 24.6. The van der Waals surface area contributed by atoms with E-state index in [-0.39, 0.29) is 31.8 Å². The van der Waals surface area contributed by atoms with E-state index in [9.17, 15) is 23.4 Å². The minimum atomic E-state index is -3.77. The van der Waals surface area contributed by atoms with Gasteiger partial charge in [0.1, 0.15) is 0 Å². The lowest BCUT2D eigenvalue weighted by molar-refractivity contribution is -0.138. The quantitative estimate of drug-likeness (QED) is 0.441. The van der Waals surface area contributed by atoms with Gasteiger partial charge in [0.15, 0.2) is 9.84 Å². The van der Waals surface area contributed by atoms with Gasteiger partial charge in [0.2, 0.25) is 0 Å². The number of halogens is 1. The molecule has 0 saturated carbocycles. The molecule has 2 aliphatic carbocycles. The van der Waals surface area contributed by atoms with Gasteiger partial charge in [-0.3, -0.25) is 10.6 Å². The van der Waals surface area contributed by atoms with Crippen LogP contribution in [0.1, 0.15) is 42.6 Å². The molecule has 1 heterocycles. The molecular weight excluding hydrogens is 456 g/mol. The van der Waals surface area contributed by atoms with Gasteiger partial charge < -0.3 is 14.9 Å². The Bertz CT molecular complexity index is 1020. The molecular formula is C22H29ClN2O6S. The molecule has 0 radical (unpaired) electrons. The van der Waals surface area contributed by atoms with Crippen LogP contribution in [0.2, 0.25) is 5.02 Å². The molecule has 4 atom stereocenters. The summed E-state index contributed by atoms with van der Waals surface area (Å²) >= 11 is 6.29. The smallest absolute Gasteiger partial charge is 0.335 e. The van der Waals surface area contributed by atoms with E-state index >= 15 is 0 Å². The summed E-state index contributed by atoms with van der Waals surface area (Å²) in [5.74, 6) is -0.666. The second kappa shape index (κ2) is 9.04. The van der Waals surface area contributed by atoms with Crippen molar-refractivity contribution in [2.75, 3.05) is 19.8 Å². The van der Waals surface area contributed by atoms with Crippen molar-refractivity contribution < 1.29 is 28.2 Å². The van der Waals surface area contributed by atoms with Crippen LogP contribution in [0, 0.1) is 0 Å². The normalized spacial score (nSPS) is 29.1. The Morgan fingerprint density at radius 2 is 1.88 bits per heavy atom. The Balaban J connectivity index is 1.72. The standard InChI is InChI=1S/C22H29ClN2O6S/c1-2-31-21(28)15-10-22(24-17(11-26)18(12-27)25-22)9-8-20(15)32(29,30)19-7-6-13-14(19)4-3-5-16(13)23/h3-5,10,17-20,24-27H,2,6-9,11-12H2,1H3/t17-,18-,19?,20?/m0/s1. The number of sulfone groups is 1. The Hall–Kier alpha value is -1.49. The SMILES string of the molecule is CCOC(=O)C1=CC2(CCC1S(=O)(=O)C1CCc3c(Cl)cccc31)N[C@@H](CO)[C@H](CO)N2. The summed E-state index contributed by atoms with van der Waals surface area (Å²) in [7, 11) is -3.77. The average Bonchev–Trinajstić information content (AvgIpc) is 3.36. The number of hydrogen-bond donors (Lipinski definition) is 4. The Morgan fingerprint density at radius 1 is 1.19 bits per heavy atom. The number of carbonyl (C=O) groups excluding carboxylic acids is 1.